The number of carbonyl (C=O) groups excluding carboxylic acids is 1. The van der Waals surface area contributed by atoms with Crippen LogP contribution in [0.25, 0.3) is 0 Å². The molecule has 1 aliphatic carbocycles. The third-order valence-electron chi connectivity index (χ3n) is 3.38. The molecule has 1 aromatic carbocycles. The monoisotopic (exact) mass is 276 g/mol. The number of benzene rings is 1. The highest BCUT2D eigenvalue weighted by atomic mass is 16.6. The van der Waals surface area contributed by atoms with Crippen LogP contribution in [-0.2, 0) is 20.9 Å². The van der Waals surface area contributed by atoms with Gasteiger partial charge in [-0.2, -0.15) is 0 Å². The van der Waals surface area contributed by atoms with E-state index in [4.69, 9.17) is 9.47 Å². The molecule has 0 spiro atoms. The fourth-order valence-corrected chi connectivity index (χ4v) is 2.23. The smallest absolute Gasteiger partial charge is 0.309 e. The largest absolute Gasteiger partial charge is 0.460 e. The lowest BCUT2D eigenvalue weighted by Gasteiger charge is -2.19. The average molecular weight is 276 g/mol. The Kier molecular flexibility index (Phi) is 4.81. The van der Waals surface area contributed by atoms with Gasteiger partial charge in [-0.15, -0.1) is 0 Å². The fourth-order valence-electron chi connectivity index (χ4n) is 2.23. The van der Waals surface area contributed by atoms with Gasteiger partial charge in [-0.25, -0.2) is 0 Å². The molecule has 110 valence electrons. The summed E-state index contributed by atoms with van der Waals surface area (Å²) in [4.78, 5) is 11.8. The normalized spacial score (nSPS) is 21.6. The second kappa shape index (κ2) is 6.40. The zero-order chi connectivity index (χ0) is 14.6. The van der Waals surface area contributed by atoms with Crippen molar-refractivity contribution in [2.45, 2.75) is 45.8 Å². The maximum atomic E-state index is 11.8. The van der Waals surface area contributed by atoms with Crippen molar-refractivity contribution >= 4 is 5.97 Å². The Balaban J connectivity index is 1.59. The van der Waals surface area contributed by atoms with Gasteiger partial charge in [0.2, 0.25) is 0 Å². The van der Waals surface area contributed by atoms with Crippen LogP contribution < -0.4 is 0 Å². The third-order valence-corrected chi connectivity index (χ3v) is 3.38. The zero-order valence-corrected chi connectivity index (χ0v) is 12.6. The highest BCUT2D eigenvalue weighted by molar-refractivity contribution is 5.76. The number of esters is 1. The lowest BCUT2D eigenvalue weighted by Crippen LogP contribution is -2.25. The third kappa shape index (κ3) is 4.97. The molecule has 0 unspecified atom stereocenters. The van der Waals surface area contributed by atoms with Crippen LogP contribution in [0.15, 0.2) is 30.3 Å². The Morgan fingerprint density at radius 1 is 1.25 bits per heavy atom. The van der Waals surface area contributed by atoms with E-state index >= 15 is 0 Å². The SMILES string of the molecule is CC(C)(C)OC(=O)[C@H]1C[C@@H]1CCOCc1ccccc1. The average Bonchev–Trinajstić information content (AvgIpc) is 3.13. The highest BCUT2D eigenvalue weighted by Crippen LogP contribution is 2.42. The maximum absolute atomic E-state index is 11.8. The van der Waals surface area contributed by atoms with E-state index in [0.29, 0.717) is 19.1 Å². The van der Waals surface area contributed by atoms with Crippen LogP contribution in [0.2, 0.25) is 0 Å². The molecule has 1 aliphatic rings. The summed E-state index contributed by atoms with van der Waals surface area (Å²) in [5, 5.41) is 0. The first-order chi connectivity index (χ1) is 9.46. The van der Waals surface area contributed by atoms with E-state index < -0.39 is 0 Å². The predicted molar refractivity (Wildman–Crippen MR) is 78.2 cm³/mol. The van der Waals surface area contributed by atoms with E-state index in [1.165, 1.54) is 5.56 Å². The van der Waals surface area contributed by atoms with Crippen LogP contribution >= 0.6 is 0 Å². The van der Waals surface area contributed by atoms with E-state index in [1.807, 2.05) is 39.0 Å². The molecule has 20 heavy (non-hydrogen) atoms. The Labute approximate surface area is 121 Å². The molecule has 3 heteroatoms. The predicted octanol–water partition coefficient (Wildman–Crippen LogP) is 3.57. The molecule has 0 saturated heterocycles. The van der Waals surface area contributed by atoms with E-state index in [2.05, 4.69) is 12.1 Å². The van der Waals surface area contributed by atoms with Crippen molar-refractivity contribution in [3.8, 4) is 0 Å². The second-order valence-corrected chi connectivity index (χ2v) is 6.46. The molecule has 0 aliphatic heterocycles. The summed E-state index contributed by atoms with van der Waals surface area (Å²) in [6.45, 7) is 7.07. The summed E-state index contributed by atoms with van der Waals surface area (Å²) in [7, 11) is 0. The number of rotatable bonds is 6. The fraction of sp³-hybridized carbons (Fsp3) is 0.588. The van der Waals surface area contributed by atoms with Gasteiger partial charge in [0.15, 0.2) is 0 Å². The molecule has 0 heterocycles. The zero-order valence-electron chi connectivity index (χ0n) is 12.6. The van der Waals surface area contributed by atoms with Crippen LogP contribution in [0, 0.1) is 11.8 Å². The second-order valence-electron chi connectivity index (χ2n) is 6.46. The quantitative estimate of drug-likeness (QED) is 0.588. The number of ether oxygens (including phenoxy) is 2. The summed E-state index contributed by atoms with van der Waals surface area (Å²) in [5.41, 5.74) is 0.806. The molecule has 0 bridgehead atoms. The van der Waals surface area contributed by atoms with Gasteiger partial charge in [-0.1, -0.05) is 30.3 Å². The van der Waals surface area contributed by atoms with Gasteiger partial charge in [-0.05, 0) is 45.1 Å². The molecule has 3 nitrogen and oxygen atoms in total. The van der Waals surface area contributed by atoms with Gasteiger partial charge in [0.05, 0.1) is 12.5 Å². The van der Waals surface area contributed by atoms with Gasteiger partial charge in [-0.3, -0.25) is 4.79 Å². The van der Waals surface area contributed by atoms with Crippen molar-refractivity contribution in [2.75, 3.05) is 6.61 Å². The Morgan fingerprint density at radius 2 is 1.95 bits per heavy atom. The van der Waals surface area contributed by atoms with E-state index in [-0.39, 0.29) is 17.5 Å². The van der Waals surface area contributed by atoms with Crippen LogP contribution in [0.4, 0.5) is 0 Å². The summed E-state index contributed by atoms with van der Waals surface area (Å²) >= 11 is 0. The first-order valence-corrected chi connectivity index (χ1v) is 7.30. The minimum absolute atomic E-state index is 0.0504. The molecule has 0 amide bonds. The van der Waals surface area contributed by atoms with Crippen molar-refractivity contribution < 1.29 is 14.3 Å². The first kappa shape index (κ1) is 15.0. The lowest BCUT2D eigenvalue weighted by atomic mass is 10.2. The Morgan fingerprint density at radius 3 is 2.60 bits per heavy atom. The minimum atomic E-state index is -0.381. The van der Waals surface area contributed by atoms with E-state index in [9.17, 15) is 4.79 Å². The van der Waals surface area contributed by atoms with Gasteiger partial charge in [0, 0.05) is 6.61 Å². The molecule has 1 saturated carbocycles. The standard InChI is InChI=1S/C17H24O3/c1-17(2,3)20-16(18)15-11-14(15)9-10-19-12-13-7-5-4-6-8-13/h4-8,14-15H,9-12H2,1-3H3/t14-,15-/m0/s1. The minimum Gasteiger partial charge on any atom is -0.460 e. The molecular formula is C17H24O3. The van der Waals surface area contributed by atoms with Gasteiger partial charge >= 0.3 is 5.97 Å². The van der Waals surface area contributed by atoms with Crippen molar-refractivity contribution in [1.82, 2.24) is 0 Å². The maximum Gasteiger partial charge on any atom is 0.309 e. The first-order valence-electron chi connectivity index (χ1n) is 7.30. The Bertz CT molecular complexity index is 433. The van der Waals surface area contributed by atoms with Crippen LogP contribution in [0.5, 0.6) is 0 Å². The molecule has 0 radical (unpaired) electrons. The van der Waals surface area contributed by atoms with Crippen LogP contribution in [0.1, 0.15) is 39.2 Å². The number of carbonyl (C=O) groups is 1. The van der Waals surface area contributed by atoms with Crippen LogP contribution in [0.3, 0.4) is 0 Å². The molecule has 2 atom stereocenters. The van der Waals surface area contributed by atoms with E-state index in [1.54, 1.807) is 0 Å². The molecule has 0 aromatic heterocycles. The summed E-state index contributed by atoms with van der Waals surface area (Å²) in [6.07, 6.45) is 1.89. The molecule has 0 N–H and O–H groups in total. The molecule has 1 aromatic rings. The van der Waals surface area contributed by atoms with Crippen molar-refractivity contribution in [3.05, 3.63) is 35.9 Å². The van der Waals surface area contributed by atoms with Gasteiger partial charge in [0.25, 0.3) is 0 Å². The number of hydrogen-bond acceptors (Lipinski definition) is 3. The lowest BCUT2D eigenvalue weighted by molar-refractivity contribution is -0.156. The summed E-state index contributed by atoms with van der Waals surface area (Å²) < 4.78 is 11.0. The summed E-state index contributed by atoms with van der Waals surface area (Å²) in [5.74, 6) is 0.487. The Hall–Kier alpha value is -1.35. The highest BCUT2D eigenvalue weighted by Gasteiger charge is 2.44. The molecular weight excluding hydrogens is 252 g/mol. The van der Waals surface area contributed by atoms with Crippen molar-refractivity contribution in [3.63, 3.8) is 0 Å². The topological polar surface area (TPSA) is 35.5 Å². The van der Waals surface area contributed by atoms with Crippen molar-refractivity contribution in [2.24, 2.45) is 11.8 Å². The van der Waals surface area contributed by atoms with E-state index in [0.717, 1.165) is 12.8 Å². The van der Waals surface area contributed by atoms with Crippen molar-refractivity contribution in [1.29, 1.82) is 0 Å². The summed E-state index contributed by atoms with van der Waals surface area (Å²) in [6, 6.07) is 10.1. The number of hydrogen-bond donors (Lipinski definition) is 0. The molecule has 1 fully saturated rings. The van der Waals surface area contributed by atoms with Gasteiger partial charge in [0.1, 0.15) is 5.60 Å². The molecule has 2 rings (SSSR count). The van der Waals surface area contributed by atoms with Crippen LogP contribution in [-0.4, -0.2) is 18.2 Å². The van der Waals surface area contributed by atoms with Gasteiger partial charge < -0.3 is 9.47 Å².